The van der Waals surface area contributed by atoms with Crippen molar-refractivity contribution in [1.29, 1.82) is 0 Å². The molecule has 0 saturated heterocycles. The van der Waals surface area contributed by atoms with Crippen LogP contribution in [0.4, 0.5) is 0 Å². The Morgan fingerprint density at radius 2 is 1.04 bits per heavy atom. The summed E-state index contributed by atoms with van der Waals surface area (Å²) in [5.41, 5.74) is 6.19. The minimum absolute atomic E-state index is 0.289. The molecule has 0 aromatic carbocycles. The van der Waals surface area contributed by atoms with Crippen LogP contribution in [0.25, 0.3) is 0 Å². The van der Waals surface area contributed by atoms with E-state index in [9.17, 15) is 0 Å². The molecule has 23 heavy (non-hydrogen) atoms. The Kier molecular flexibility index (Phi) is 10.6. The Balaban J connectivity index is 0.000000360. The number of hydrogen-bond donors (Lipinski definition) is 0. The molecule has 3 heteroatoms. The maximum atomic E-state index is 4.93. The van der Waals surface area contributed by atoms with Gasteiger partial charge in [0.2, 0.25) is 0 Å². The average Bonchev–Trinajstić information content (AvgIpc) is 2.97. The number of hydrogen-bond acceptors (Lipinski definition) is 0. The van der Waals surface area contributed by atoms with E-state index in [2.05, 4.69) is 79.7 Å². The van der Waals surface area contributed by atoms with Crippen LogP contribution in [0.2, 0.25) is 0 Å². The molecule has 0 saturated carbocycles. The number of allylic oxidation sites excluding steroid dienone is 8. The van der Waals surface area contributed by atoms with Gasteiger partial charge in [-0.05, 0) is 10.8 Å². The fourth-order valence-corrected chi connectivity index (χ4v) is 2.81. The Hall–Kier alpha value is 0.423. The molecule has 128 valence electrons. The van der Waals surface area contributed by atoms with E-state index < -0.39 is 20.8 Å². The third kappa shape index (κ3) is 8.90. The summed E-state index contributed by atoms with van der Waals surface area (Å²) in [7, 11) is 9.87. The molecule has 0 aromatic rings. The molecular formula is C20H30Cl2Zr. The average molecular weight is 433 g/mol. The Morgan fingerprint density at radius 3 is 1.13 bits per heavy atom. The molecule has 0 unspecified atom stereocenters. The molecule has 0 fully saturated rings. The first-order chi connectivity index (χ1) is 10.4. The van der Waals surface area contributed by atoms with Gasteiger partial charge < -0.3 is 0 Å². The number of rotatable bonds is 0. The fourth-order valence-electron chi connectivity index (χ4n) is 2.81. The van der Waals surface area contributed by atoms with Crippen molar-refractivity contribution in [1.82, 2.24) is 0 Å². The minimum atomic E-state index is -0.826. The third-order valence-corrected chi connectivity index (χ3v) is 3.66. The molecule has 0 amide bonds. The summed E-state index contributed by atoms with van der Waals surface area (Å²) in [5, 5.41) is 0. The van der Waals surface area contributed by atoms with Crippen LogP contribution in [-0.2, 0) is 20.8 Å². The summed E-state index contributed by atoms with van der Waals surface area (Å²) < 4.78 is 0. The molecule has 0 radical (unpaired) electrons. The van der Waals surface area contributed by atoms with Gasteiger partial charge in [-0.2, -0.15) is 12.2 Å². The van der Waals surface area contributed by atoms with Crippen LogP contribution in [0.5, 0.6) is 0 Å². The zero-order chi connectivity index (χ0) is 18.3. The van der Waals surface area contributed by atoms with Crippen LogP contribution in [0.3, 0.4) is 0 Å². The van der Waals surface area contributed by atoms with E-state index in [-0.39, 0.29) is 10.8 Å². The molecule has 0 aromatic heterocycles. The van der Waals surface area contributed by atoms with Gasteiger partial charge in [0, 0.05) is 0 Å². The van der Waals surface area contributed by atoms with Crippen LogP contribution in [0.15, 0.2) is 34.4 Å². The van der Waals surface area contributed by atoms with Crippen LogP contribution in [-0.4, -0.2) is 0 Å². The van der Waals surface area contributed by atoms with Gasteiger partial charge >= 0.3 is 37.9 Å². The Labute approximate surface area is 162 Å². The predicted molar refractivity (Wildman–Crippen MR) is 101 cm³/mol. The van der Waals surface area contributed by atoms with Crippen molar-refractivity contribution >= 4 is 17.0 Å². The molecule has 2 rings (SSSR count). The number of halogens is 2. The summed E-state index contributed by atoms with van der Waals surface area (Å²) in [4.78, 5) is 0. The van der Waals surface area contributed by atoms with E-state index in [0.717, 1.165) is 12.8 Å². The summed E-state index contributed by atoms with van der Waals surface area (Å²) in [6.45, 7) is 17.7. The zero-order valence-electron chi connectivity index (χ0n) is 15.8. The van der Waals surface area contributed by atoms with Crippen LogP contribution >= 0.6 is 17.0 Å². The summed E-state index contributed by atoms with van der Waals surface area (Å²) in [6, 6.07) is 0. The summed E-state index contributed by atoms with van der Waals surface area (Å²) in [6.07, 6.45) is 13.2. The second-order valence-electron chi connectivity index (χ2n) is 7.86. The van der Waals surface area contributed by atoms with Gasteiger partial charge in [-0.25, -0.2) is 22.3 Å². The standard InChI is InChI=1S/2C10H15.2ClH.Zr/c2*1-8-6-5-7-9(8)10(2,3)4;;;/h2*6H,5H2,1-4H3;2*1H;/q2*-1;;;+4/p-2. The molecule has 0 bridgehead atoms. The SMILES string of the molecule is CC1=CC[C-]=C1C(C)(C)C.CC1=CC[C-]=C1C(C)(C)C.[Cl][Zr+2][Cl]. The van der Waals surface area contributed by atoms with Crippen molar-refractivity contribution in [2.75, 3.05) is 0 Å². The molecule has 0 N–H and O–H groups in total. The zero-order valence-corrected chi connectivity index (χ0v) is 19.8. The van der Waals surface area contributed by atoms with E-state index >= 15 is 0 Å². The monoisotopic (exact) mass is 430 g/mol. The Bertz CT molecular complexity index is 449. The quantitative estimate of drug-likeness (QED) is 0.346. The van der Waals surface area contributed by atoms with Crippen molar-refractivity contribution in [3.63, 3.8) is 0 Å². The van der Waals surface area contributed by atoms with E-state index in [0.29, 0.717) is 0 Å². The fraction of sp³-hybridized carbons (Fsp3) is 0.600. The van der Waals surface area contributed by atoms with Crippen molar-refractivity contribution in [2.24, 2.45) is 10.8 Å². The first kappa shape index (κ1) is 23.4. The molecule has 0 atom stereocenters. The normalized spacial score (nSPS) is 16.8. The van der Waals surface area contributed by atoms with Crippen molar-refractivity contribution in [2.45, 2.75) is 68.2 Å². The summed E-state index contributed by atoms with van der Waals surface area (Å²) in [5.74, 6) is 0. The van der Waals surface area contributed by atoms with Crippen LogP contribution in [0.1, 0.15) is 68.2 Å². The first-order valence-electron chi connectivity index (χ1n) is 7.98. The topological polar surface area (TPSA) is 0 Å². The summed E-state index contributed by atoms with van der Waals surface area (Å²) >= 11 is -0.826. The molecule has 2 aliphatic carbocycles. The third-order valence-electron chi connectivity index (χ3n) is 3.66. The molecular weight excluding hydrogens is 402 g/mol. The van der Waals surface area contributed by atoms with Gasteiger partial charge in [0.1, 0.15) is 0 Å². The molecule has 0 nitrogen and oxygen atoms in total. The van der Waals surface area contributed by atoms with Crippen molar-refractivity contribution < 1.29 is 20.8 Å². The second kappa shape index (κ2) is 10.4. The van der Waals surface area contributed by atoms with Gasteiger partial charge in [0.25, 0.3) is 0 Å². The first-order valence-corrected chi connectivity index (χ1v) is 14.3. The Morgan fingerprint density at radius 1 is 0.783 bits per heavy atom. The maximum absolute atomic E-state index is 4.93. The molecule has 0 heterocycles. The van der Waals surface area contributed by atoms with Crippen molar-refractivity contribution in [3.05, 3.63) is 46.6 Å². The van der Waals surface area contributed by atoms with Crippen LogP contribution in [0, 0.1) is 23.0 Å². The van der Waals surface area contributed by atoms with Gasteiger partial charge in [-0.1, -0.05) is 41.5 Å². The van der Waals surface area contributed by atoms with E-state index in [1.165, 1.54) is 22.3 Å². The van der Waals surface area contributed by atoms with Gasteiger partial charge in [-0.3, -0.25) is 12.2 Å². The van der Waals surface area contributed by atoms with Gasteiger partial charge in [-0.15, -0.1) is 26.7 Å². The van der Waals surface area contributed by atoms with Crippen molar-refractivity contribution in [3.8, 4) is 0 Å². The second-order valence-corrected chi connectivity index (χ2v) is 11.6. The van der Waals surface area contributed by atoms with E-state index in [1.807, 2.05) is 0 Å². The van der Waals surface area contributed by atoms with Crippen LogP contribution < -0.4 is 0 Å². The van der Waals surface area contributed by atoms with E-state index in [4.69, 9.17) is 17.0 Å². The molecule has 0 spiro atoms. The molecule has 2 aliphatic rings. The molecule has 0 aliphatic heterocycles. The van der Waals surface area contributed by atoms with Gasteiger partial charge in [0.15, 0.2) is 0 Å². The van der Waals surface area contributed by atoms with E-state index in [1.54, 1.807) is 0 Å². The predicted octanol–water partition coefficient (Wildman–Crippen LogP) is 7.60. The van der Waals surface area contributed by atoms with Gasteiger partial charge in [0.05, 0.1) is 0 Å².